The zero-order valence-corrected chi connectivity index (χ0v) is 19.9. The monoisotopic (exact) mass is 485 g/mol. The molecule has 0 atom stereocenters. The normalized spacial score (nSPS) is 13.9. The second kappa shape index (κ2) is 9.05. The number of carbonyl (C=O) groups excluding carboxylic acids is 2. The van der Waals surface area contributed by atoms with E-state index >= 15 is 0 Å². The molecule has 0 fully saturated rings. The van der Waals surface area contributed by atoms with E-state index in [2.05, 4.69) is 5.10 Å². The molecule has 0 saturated carbocycles. The molecule has 0 unspecified atom stereocenters. The molecule has 1 aromatic heterocycles. The van der Waals surface area contributed by atoms with Gasteiger partial charge in [0.25, 0.3) is 5.91 Å². The minimum Gasteiger partial charge on any atom is -0.295 e. The number of rotatable bonds is 5. The maximum Gasteiger partial charge on any atom is 0.278 e. The highest BCUT2D eigenvalue weighted by Gasteiger charge is 2.34. The molecule has 4 aromatic rings. The Morgan fingerprint density at radius 1 is 0.829 bits per heavy atom. The smallest absolute Gasteiger partial charge is 0.278 e. The third-order valence-corrected chi connectivity index (χ3v) is 8.04. The first-order chi connectivity index (χ1) is 16.9. The second-order valence-electron chi connectivity index (χ2n) is 8.39. The van der Waals surface area contributed by atoms with E-state index in [-0.39, 0.29) is 29.7 Å². The third kappa shape index (κ3) is 4.22. The standard InChI is InChI=1S/C27H23N3O4S/c1-19(31)20-12-14-23(15-13-20)35(33,34)29-17-16-25-24(18-29)26(21-8-4-2-5-9-21)28-30(25)27(32)22-10-6-3-7-11-22/h2-15H,16-18H2,1H3. The Morgan fingerprint density at radius 2 is 1.46 bits per heavy atom. The van der Waals surface area contributed by atoms with E-state index in [9.17, 15) is 18.0 Å². The van der Waals surface area contributed by atoms with Gasteiger partial charge in [0.1, 0.15) is 0 Å². The topological polar surface area (TPSA) is 89.3 Å². The lowest BCUT2D eigenvalue weighted by Gasteiger charge is -2.27. The molecule has 0 radical (unpaired) electrons. The lowest BCUT2D eigenvalue weighted by molar-refractivity contribution is 0.0940. The second-order valence-corrected chi connectivity index (χ2v) is 10.3. The number of carbonyl (C=O) groups is 2. The average molecular weight is 486 g/mol. The van der Waals surface area contributed by atoms with Gasteiger partial charge in [-0.1, -0.05) is 60.7 Å². The third-order valence-electron chi connectivity index (χ3n) is 6.18. The van der Waals surface area contributed by atoms with Crippen molar-refractivity contribution >= 4 is 21.7 Å². The van der Waals surface area contributed by atoms with Gasteiger partial charge in [-0.15, -0.1) is 0 Å². The number of hydrogen-bond acceptors (Lipinski definition) is 5. The highest BCUT2D eigenvalue weighted by molar-refractivity contribution is 7.89. The Balaban J connectivity index is 1.56. The molecular weight excluding hydrogens is 462 g/mol. The van der Waals surface area contributed by atoms with E-state index in [0.29, 0.717) is 23.2 Å². The summed E-state index contributed by atoms with van der Waals surface area (Å²) in [5, 5.41) is 4.67. The largest absolute Gasteiger partial charge is 0.295 e. The SMILES string of the molecule is CC(=O)c1ccc(S(=O)(=O)N2CCc3c(c(-c4ccccc4)nn3C(=O)c3ccccc3)C2)cc1. The van der Waals surface area contributed by atoms with Crippen molar-refractivity contribution < 1.29 is 18.0 Å². The van der Waals surface area contributed by atoms with Crippen molar-refractivity contribution in [3.05, 3.63) is 107 Å². The Bertz CT molecular complexity index is 1510. The van der Waals surface area contributed by atoms with E-state index in [1.54, 1.807) is 24.3 Å². The summed E-state index contributed by atoms with van der Waals surface area (Å²) in [4.78, 5) is 25.0. The highest BCUT2D eigenvalue weighted by atomic mass is 32.2. The van der Waals surface area contributed by atoms with Crippen molar-refractivity contribution in [2.45, 2.75) is 24.8 Å². The maximum absolute atomic E-state index is 13.4. The average Bonchev–Trinajstić information content (AvgIpc) is 3.28. The van der Waals surface area contributed by atoms with E-state index in [0.717, 1.165) is 16.8 Å². The highest BCUT2D eigenvalue weighted by Crippen LogP contribution is 2.33. The maximum atomic E-state index is 13.4. The van der Waals surface area contributed by atoms with Crippen molar-refractivity contribution in [3.63, 3.8) is 0 Å². The number of sulfonamides is 1. The molecule has 0 bridgehead atoms. The van der Waals surface area contributed by atoms with Gasteiger partial charge in [-0.25, -0.2) is 8.42 Å². The number of nitrogens with zero attached hydrogens (tertiary/aromatic N) is 3. The first-order valence-corrected chi connectivity index (χ1v) is 12.7. The summed E-state index contributed by atoms with van der Waals surface area (Å²) in [6, 6.07) is 24.3. The summed E-state index contributed by atoms with van der Waals surface area (Å²) in [6.45, 7) is 1.75. The molecule has 0 spiro atoms. The lowest BCUT2D eigenvalue weighted by Crippen LogP contribution is -2.37. The lowest BCUT2D eigenvalue weighted by atomic mass is 10.0. The van der Waals surface area contributed by atoms with Crippen LogP contribution in [0, 0.1) is 0 Å². The number of hydrogen-bond donors (Lipinski definition) is 0. The molecule has 0 amide bonds. The fourth-order valence-corrected chi connectivity index (χ4v) is 5.72. The fraction of sp³-hybridized carbons (Fsp3) is 0.148. The molecule has 7 nitrogen and oxygen atoms in total. The van der Waals surface area contributed by atoms with Crippen LogP contribution < -0.4 is 0 Å². The molecule has 176 valence electrons. The Morgan fingerprint density at radius 3 is 2.09 bits per heavy atom. The van der Waals surface area contributed by atoms with E-state index in [1.165, 1.54) is 40.2 Å². The summed E-state index contributed by atoms with van der Waals surface area (Å²) in [6.07, 6.45) is 0.346. The zero-order valence-electron chi connectivity index (χ0n) is 19.1. The molecule has 3 aromatic carbocycles. The first-order valence-electron chi connectivity index (χ1n) is 11.2. The van der Waals surface area contributed by atoms with Gasteiger partial charge in [0.05, 0.1) is 16.3 Å². The molecule has 1 aliphatic heterocycles. The molecule has 0 saturated heterocycles. The van der Waals surface area contributed by atoms with Gasteiger partial charge in [-0.2, -0.15) is 14.1 Å². The van der Waals surface area contributed by atoms with Gasteiger partial charge >= 0.3 is 0 Å². The molecule has 35 heavy (non-hydrogen) atoms. The molecule has 0 aliphatic carbocycles. The summed E-state index contributed by atoms with van der Waals surface area (Å²) in [5.74, 6) is -0.375. The fourth-order valence-electron chi connectivity index (χ4n) is 4.31. The van der Waals surface area contributed by atoms with Gasteiger partial charge in [-0.05, 0) is 31.2 Å². The Kier molecular flexibility index (Phi) is 5.92. The van der Waals surface area contributed by atoms with E-state index in [4.69, 9.17) is 0 Å². The van der Waals surface area contributed by atoms with Crippen LogP contribution in [0.15, 0.2) is 89.8 Å². The van der Waals surface area contributed by atoms with Crippen LogP contribution in [0.1, 0.15) is 38.9 Å². The minimum atomic E-state index is -3.81. The minimum absolute atomic E-state index is 0.0957. The van der Waals surface area contributed by atoms with Gasteiger partial charge in [0, 0.05) is 41.8 Å². The van der Waals surface area contributed by atoms with Crippen molar-refractivity contribution in [2.75, 3.05) is 6.54 Å². The van der Waals surface area contributed by atoms with Crippen LogP contribution in [0.4, 0.5) is 0 Å². The van der Waals surface area contributed by atoms with Crippen LogP contribution in [0.3, 0.4) is 0 Å². The van der Waals surface area contributed by atoms with Crippen molar-refractivity contribution in [3.8, 4) is 11.3 Å². The van der Waals surface area contributed by atoms with Crippen molar-refractivity contribution in [2.24, 2.45) is 0 Å². The van der Waals surface area contributed by atoms with E-state index in [1.807, 2.05) is 36.4 Å². The van der Waals surface area contributed by atoms with Gasteiger partial charge in [0.15, 0.2) is 5.78 Å². The van der Waals surface area contributed by atoms with Gasteiger partial charge in [0.2, 0.25) is 10.0 Å². The quantitative estimate of drug-likeness (QED) is 0.396. The zero-order chi connectivity index (χ0) is 24.6. The predicted octanol–water partition coefficient (Wildman–Crippen LogP) is 4.19. The van der Waals surface area contributed by atoms with Gasteiger partial charge < -0.3 is 0 Å². The summed E-state index contributed by atoms with van der Waals surface area (Å²) in [5.41, 5.74) is 3.81. The molecule has 5 rings (SSSR count). The molecule has 0 N–H and O–H groups in total. The van der Waals surface area contributed by atoms with E-state index < -0.39 is 10.0 Å². The number of aromatic nitrogens is 2. The number of ketones is 1. The molecule has 1 aliphatic rings. The van der Waals surface area contributed by atoms with Crippen LogP contribution in [-0.4, -0.2) is 40.7 Å². The van der Waals surface area contributed by atoms with Crippen LogP contribution >= 0.6 is 0 Å². The van der Waals surface area contributed by atoms with Gasteiger partial charge in [-0.3, -0.25) is 9.59 Å². The number of fused-ring (bicyclic) bond motifs is 1. The number of Topliss-reactive ketones (excluding diaryl/α,β-unsaturated/α-hetero) is 1. The van der Waals surface area contributed by atoms with Crippen LogP contribution in [-0.2, 0) is 23.0 Å². The summed E-state index contributed by atoms with van der Waals surface area (Å²) in [7, 11) is -3.81. The summed E-state index contributed by atoms with van der Waals surface area (Å²) >= 11 is 0. The van der Waals surface area contributed by atoms with Crippen molar-refractivity contribution in [1.82, 2.24) is 14.1 Å². The molecule has 2 heterocycles. The first kappa shape index (κ1) is 22.9. The molecular formula is C27H23N3O4S. The molecule has 8 heteroatoms. The van der Waals surface area contributed by atoms with Crippen molar-refractivity contribution in [1.29, 1.82) is 0 Å². The van der Waals surface area contributed by atoms with Crippen LogP contribution in [0.25, 0.3) is 11.3 Å². The Labute approximate surface area is 203 Å². The Hall–Kier alpha value is -3.88. The summed E-state index contributed by atoms with van der Waals surface area (Å²) < 4.78 is 29.7. The van der Waals surface area contributed by atoms with Crippen LogP contribution in [0.5, 0.6) is 0 Å². The number of benzene rings is 3. The van der Waals surface area contributed by atoms with Crippen LogP contribution in [0.2, 0.25) is 0 Å². The predicted molar refractivity (Wildman–Crippen MR) is 132 cm³/mol.